The first-order valence-electron chi connectivity index (χ1n) is 9.57. The van der Waals surface area contributed by atoms with Gasteiger partial charge in [-0.2, -0.15) is 0 Å². The fourth-order valence-electron chi connectivity index (χ4n) is 3.69. The normalized spacial score (nSPS) is 18.4. The van der Waals surface area contributed by atoms with Gasteiger partial charge in [-0.15, -0.1) is 0 Å². The van der Waals surface area contributed by atoms with Gasteiger partial charge in [0.15, 0.2) is 5.11 Å². The lowest BCUT2D eigenvalue weighted by Crippen LogP contribution is -2.54. The van der Waals surface area contributed by atoms with Crippen molar-refractivity contribution in [2.24, 2.45) is 0 Å². The van der Waals surface area contributed by atoms with Crippen LogP contribution in [0.15, 0.2) is 42.0 Å². The fourth-order valence-corrected chi connectivity index (χ4v) is 4.46. The molecule has 0 radical (unpaired) electrons. The maximum atomic E-state index is 13.2. The molecule has 2 saturated heterocycles. The molecule has 0 saturated carbocycles. The van der Waals surface area contributed by atoms with Crippen LogP contribution in [0.2, 0.25) is 10.0 Å². The second-order valence-electron chi connectivity index (χ2n) is 7.29. The van der Waals surface area contributed by atoms with Crippen molar-refractivity contribution in [2.45, 2.75) is 19.8 Å². The lowest BCUT2D eigenvalue weighted by molar-refractivity contribution is -0.122. The first-order valence-corrected chi connectivity index (χ1v) is 10.7. The monoisotopic (exact) mass is 459 g/mol. The van der Waals surface area contributed by atoms with Crippen molar-refractivity contribution in [1.82, 2.24) is 5.32 Å². The Labute approximate surface area is 190 Å². The largest absolute Gasteiger partial charge is 0.372 e. The van der Waals surface area contributed by atoms with E-state index < -0.39 is 11.8 Å². The number of carbonyl (C=O) groups excluding carboxylic acids is 2. The minimum absolute atomic E-state index is 0.00774. The maximum Gasteiger partial charge on any atom is 0.270 e. The first-order chi connectivity index (χ1) is 14.3. The molecule has 30 heavy (non-hydrogen) atoms. The van der Waals surface area contributed by atoms with Crippen LogP contribution in [0.5, 0.6) is 0 Å². The van der Waals surface area contributed by atoms with Gasteiger partial charge in [0.1, 0.15) is 5.57 Å². The summed E-state index contributed by atoms with van der Waals surface area (Å²) < 4.78 is 0. The number of thiocarbonyl (C=S) groups is 1. The van der Waals surface area contributed by atoms with Crippen LogP contribution in [0.4, 0.5) is 11.4 Å². The van der Waals surface area contributed by atoms with E-state index >= 15 is 0 Å². The standard InChI is InChI=1S/C22H19Cl2N3O2S/c1-13-10-16(26-8-2-3-9-26)6-4-14(13)11-17-20(28)25-22(30)27(21(17)29)19-7-5-15(23)12-18(19)24/h4-7,10-12H,2-3,8-9H2,1H3,(H,25,28,30)/b17-11-. The van der Waals surface area contributed by atoms with E-state index in [1.54, 1.807) is 18.2 Å². The van der Waals surface area contributed by atoms with E-state index in [4.69, 9.17) is 35.4 Å². The van der Waals surface area contributed by atoms with E-state index in [9.17, 15) is 9.59 Å². The molecule has 2 aromatic carbocycles. The summed E-state index contributed by atoms with van der Waals surface area (Å²) >= 11 is 17.5. The van der Waals surface area contributed by atoms with Crippen LogP contribution in [0.3, 0.4) is 0 Å². The van der Waals surface area contributed by atoms with Crippen molar-refractivity contribution in [3.63, 3.8) is 0 Å². The lowest BCUT2D eigenvalue weighted by Gasteiger charge is -2.29. The zero-order valence-electron chi connectivity index (χ0n) is 16.2. The first kappa shape index (κ1) is 20.8. The van der Waals surface area contributed by atoms with Crippen LogP contribution in [-0.2, 0) is 9.59 Å². The highest BCUT2D eigenvalue weighted by molar-refractivity contribution is 7.80. The summed E-state index contributed by atoms with van der Waals surface area (Å²) in [5.74, 6) is -1.06. The van der Waals surface area contributed by atoms with Crippen LogP contribution in [0.1, 0.15) is 24.0 Å². The summed E-state index contributed by atoms with van der Waals surface area (Å²) in [5, 5.41) is 3.26. The molecule has 0 bridgehead atoms. The quantitative estimate of drug-likeness (QED) is 0.409. The summed E-state index contributed by atoms with van der Waals surface area (Å²) in [7, 11) is 0. The number of halogens is 2. The smallest absolute Gasteiger partial charge is 0.270 e. The van der Waals surface area contributed by atoms with Gasteiger partial charge in [-0.1, -0.05) is 29.3 Å². The van der Waals surface area contributed by atoms with Crippen LogP contribution in [-0.4, -0.2) is 30.0 Å². The average Bonchev–Trinajstić information content (AvgIpc) is 3.22. The molecule has 4 rings (SSSR count). The van der Waals surface area contributed by atoms with E-state index in [2.05, 4.69) is 16.3 Å². The molecule has 5 nitrogen and oxygen atoms in total. The Kier molecular flexibility index (Phi) is 5.82. The van der Waals surface area contributed by atoms with Crippen molar-refractivity contribution in [1.29, 1.82) is 0 Å². The molecule has 0 aliphatic carbocycles. The summed E-state index contributed by atoms with van der Waals surface area (Å²) in [4.78, 5) is 29.3. The topological polar surface area (TPSA) is 52.7 Å². The highest BCUT2D eigenvalue weighted by Gasteiger charge is 2.35. The van der Waals surface area contributed by atoms with Crippen molar-refractivity contribution in [2.75, 3.05) is 22.9 Å². The van der Waals surface area contributed by atoms with E-state index in [0.717, 1.165) is 29.9 Å². The minimum Gasteiger partial charge on any atom is -0.372 e. The Morgan fingerprint density at radius 1 is 1.07 bits per heavy atom. The summed E-state index contributed by atoms with van der Waals surface area (Å²) in [6.07, 6.45) is 3.99. The van der Waals surface area contributed by atoms with Gasteiger partial charge in [0.05, 0.1) is 10.7 Å². The second kappa shape index (κ2) is 8.38. The van der Waals surface area contributed by atoms with Crippen LogP contribution in [0, 0.1) is 6.92 Å². The van der Waals surface area contributed by atoms with Crippen LogP contribution >= 0.6 is 35.4 Å². The molecule has 2 aliphatic heterocycles. The number of aryl methyl sites for hydroxylation is 1. The molecule has 2 aromatic rings. The number of hydrogen-bond acceptors (Lipinski definition) is 4. The molecule has 2 fully saturated rings. The summed E-state index contributed by atoms with van der Waals surface area (Å²) in [6, 6.07) is 10.8. The van der Waals surface area contributed by atoms with Gasteiger partial charge in [0.2, 0.25) is 0 Å². The Morgan fingerprint density at radius 2 is 1.80 bits per heavy atom. The number of benzene rings is 2. The number of nitrogens with zero attached hydrogens (tertiary/aromatic N) is 2. The minimum atomic E-state index is -0.533. The van der Waals surface area contributed by atoms with Crippen LogP contribution in [0.25, 0.3) is 6.08 Å². The molecular formula is C22H19Cl2N3O2S. The van der Waals surface area contributed by atoms with Gasteiger partial charge in [0.25, 0.3) is 11.8 Å². The van der Waals surface area contributed by atoms with Gasteiger partial charge < -0.3 is 4.90 Å². The number of anilines is 2. The van der Waals surface area contributed by atoms with Crippen molar-refractivity contribution < 1.29 is 9.59 Å². The third-order valence-electron chi connectivity index (χ3n) is 5.28. The third-order valence-corrected chi connectivity index (χ3v) is 6.10. The van der Waals surface area contributed by atoms with E-state index in [1.165, 1.54) is 23.8 Å². The van der Waals surface area contributed by atoms with Crippen molar-refractivity contribution in [3.8, 4) is 0 Å². The van der Waals surface area contributed by atoms with Gasteiger partial charge in [-0.05, 0) is 79.5 Å². The zero-order chi connectivity index (χ0) is 21.4. The number of hydrogen-bond donors (Lipinski definition) is 1. The molecule has 2 aliphatic rings. The molecule has 2 heterocycles. The van der Waals surface area contributed by atoms with Gasteiger partial charge in [-0.3, -0.25) is 19.8 Å². The number of rotatable bonds is 3. The Balaban J connectivity index is 1.69. The average molecular weight is 460 g/mol. The molecule has 0 aromatic heterocycles. The zero-order valence-corrected chi connectivity index (χ0v) is 18.6. The predicted molar refractivity (Wildman–Crippen MR) is 125 cm³/mol. The SMILES string of the molecule is Cc1cc(N2CCCC2)ccc1/C=C1/C(=O)NC(=S)N(c2ccc(Cl)cc2Cl)C1=O. The number of nitrogens with one attached hydrogen (secondary N) is 1. The molecule has 0 unspecified atom stereocenters. The molecular weight excluding hydrogens is 441 g/mol. The number of carbonyl (C=O) groups is 2. The van der Waals surface area contributed by atoms with Crippen molar-refractivity contribution >= 4 is 69.8 Å². The summed E-state index contributed by atoms with van der Waals surface area (Å²) in [6.45, 7) is 4.07. The van der Waals surface area contributed by atoms with E-state index in [-0.39, 0.29) is 15.7 Å². The van der Waals surface area contributed by atoms with E-state index in [0.29, 0.717) is 10.7 Å². The van der Waals surface area contributed by atoms with Gasteiger partial charge in [0, 0.05) is 23.8 Å². The molecule has 154 valence electrons. The van der Waals surface area contributed by atoms with Gasteiger partial charge >= 0.3 is 0 Å². The molecule has 8 heteroatoms. The molecule has 2 amide bonds. The molecule has 0 spiro atoms. The lowest BCUT2D eigenvalue weighted by atomic mass is 10.0. The Bertz CT molecular complexity index is 1090. The number of amides is 2. The second-order valence-corrected chi connectivity index (χ2v) is 8.52. The van der Waals surface area contributed by atoms with Crippen molar-refractivity contribution in [3.05, 3.63) is 63.1 Å². The predicted octanol–water partition coefficient (Wildman–Crippen LogP) is 4.73. The summed E-state index contributed by atoms with van der Waals surface area (Å²) in [5.41, 5.74) is 3.29. The third kappa shape index (κ3) is 3.95. The van der Waals surface area contributed by atoms with E-state index in [1.807, 2.05) is 19.1 Å². The maximum absolute atomic E-state index is 13.2. The van der Waals surface area contributed by atoms with Gasteiger partial charge in [-0.25, -0.2) is 0 Å². The Hall–Kier alpha value is -2.41. The Morgan fingerprint density at radius 3 is 2.47 bits per heavy atom. The highest BCUT2D eigenvalue weighted by Crippen LogP contribution is 2.32. The molecule has 0 atom stereocenters. The fraction of sp³-hybridized carbons (Fsp3) is 0.227. The highest BCUT2D eigenvalue weighted by atomic mass is 35.5. The van der Waals surface area contributed by atoms with Crippen LogP contribution < -0.4 is 15.1 Å². The molecule has 1 N–H and O–H groups in total.